The molecule has 0 spiro atoms. The maximum atomic E-state index is 5.04. The van der Waals surface area contributed by atoms with Gasteiger partial charge in [-0.15, -0.1) is 0 Å². The molecule has 1 aromatic carbocycles. The second-order valence-corrected chi connectivity index (χ2v) is 8.50. The number of fused-ring (bicyclic) bond motifs is 1. The van der Waals surface area contributed by atoms with Crippen LogP contribution in [0.15, 0.2) is 42.6 Å². The van der Waals surface area contributed by atoms with Crippen LogP contribution in [-0.4, -0.2) is 47.3 Å². The minimum absolute atomic E-state index is 0.00871. The third-order valence-corrected chi connectivity index (χ3v) is 5.60. The van der Waals surface area contributed by atoms with Crippen molar-refractivity contribution in [3.8, 4) is 11.1 Å². The van der Waals surface area contributed by atoms with Crippen molar-refractivity contribution in [1.82, 2.24) is 14.6 Å². The molecule has 1 fully saturated rings. The first-order valence-electron chi connectivity index (χ1n) is 10.0. The van der Waals surface area contributed by atoms with E-state index in [9.17, 15) is 0 Å². The van der Waals surface area contributed by atoms with Crippen molar-refractivity contribution in [3.05, 3.63) is 48.3 Å². The van der Waals surface area contributed by atoms with E-state index in [1.165, 1.54) is 25.5 Å². The number of rotatable bonds is 3. The van der Waals surface area contributed by atoms with Crippen LogP contribution in [0.3, 0.4) is 0 Å². The Morgan fingerprint density at radius 3 is 2.41 bits per heavy atom. The molecule has 5 heteroatoms. The first kappa shape index (κ1) is 18.0. The van der Waals surface area contributed by atoms with Crippen LogP contribution in [0, 0.1) is 0 Å². The van der Waals surface area contributed by atoms with E-state index >= 15 is 0 Å². The molecule has 1 N–H and O–H groups in total. The molecule has 0 bridgehead atoms. The normalized spacial score (nSPS) is 16.2. The van der Waals surface area contributed by atoms with E-state index in [2.05, 4.69) is 62.9 Å². The number of nitrogens with zero attached hydrogens (tertiary/aromatic N) is 4. The lowest BCUT2D eigenvalue weighted by molar-refractivity contribution is -0.898. The number of likely N-dealkylation sites (N-methyl/N-ethyl adjacent to an activating group) is 1. The predicted molar refractivity (Wildman–Crippen MR) is 111 cm³/mol. The average Bonchev–Trinajstić information content (AvgIpc) is 3.11. The minimum atomic E-state index is -0.00871. The van der Waals surface area contributed by atoms with E-state index in [-0.39, 0.29) is 5.41 Å². The second-order valence-electron chi connectivity index (χ2n) is 8.50. The number of anilines is 1. The molecule has 0 saturated carbocycles. The number of piperazine rings is 1. The van der Waals surface area contributed by atoms with Gasteiger partial charge in [0, 0.05) is 17.0 Å². The van der Waals surface area contributed by atoms with Crippen molar-refractivity contribution in [2.75, 3.05) is 37.6 Å². The molecule has 27 heavy (non-hydrogen) atoms. The van der Waals surface area contributed by atoms with Crippen molar-refractivity contribution < 1.29 is 4.90 Å². The molecule has 0 unspecified atom stereocenters. The second kappa shape index (κ2) is 6.97. The summed E-state index contributed by atoms with van der Waals surface area (Å²) in [5, 5.41) is 4.74. The highest BCUT2D eigenvalue weighted by molar-refractivity contribution is 5.78. The quantitative estimate of drug-likeness (QED) is 0.776. The summed E-state index contributed by atoms with van der Waals surface area (Å²) >= 11 is 0. The van der Waals surface area contributed by atoms with Gasteiger partial charge in [-0.1, -0.05) is 51.1 Å². The maximum absolute atomic E-state index is 5.04. The fourth-order valence-corrected chi connectivity index (χ4v) is 3.78. The van der Waals surface area contributed by atoms with Crippen molar-refractivity contribution in [1.29, 1.82) is 0 Å². The van der Waals surface area contributed by atoms with Crippen LogP contribution < -0.4 is 9.80 Å². The number of hydrogen-bond acceptors (Lipinski definition) is 3. The van der Waals surface area contributed by atoms with Crippen LogP contribution in [-0.2, 0) is 5.41 Å². The molecule has 4 rings (SSSR count). The van der Waals surface area contributed by atoms with E-state index in [0.717, 1.165) is 35.6 Å². The summed E-state index contributed by atoms with van der Waals surface area (Å²) in [6, 6.07) is 12.7. The van der Waals surface area contributed by atoms with Gasteiger partial charge >= 0.3 is 0 Å². The molecule has 0 amide bonds. The van der Waals surface area contributed by atoms with E-state index in [1.54, 1.807) is 4.90 Å². The molecular weight excluding hydrogens is 334 g/mol. The molecule has 142 valence electrons. The molecule has 3 heterocycles. The molecule has 0 aliphatic carbocycles. The zero-order chi connectivity index (χ0) is 19.0. The summed E-state index contributed by atoms with van der Waals surface area (Å²) in [5.41, 5.74) is 4.32. The first-order chi connectivity index (χ1) is 13.0. The van der Waals surface area contributed by atoms with Gasteiger partial charge < -0.3 is 9.80 Å². The van der Waals surface area contributed by atoms with E-state index < -0.39 is 0 Å². The van der Waals surface area contributed by atoms with Crippen molar-refractivity contribution in [3.63, 3.8) is 0 Å². The van der Waals surface area contributed by atoms with Gasteiger partial charge in [0.05, 0.1) is 44.6 Å². The number of nitrogens with one attached hydrogen (secondary N) is 1. The summed E-state index contributed by atoms with van der Waals surface area (Å²) < 4.78 is 2.04. The van der Waals surface area contributed by atoms with E-state index in [4.69, 9.17) is 10.1 Å². The topological polar surface area (TPSA) is 37.9 Å². The van der Waals surface area contributed by atoms with Crippen molar-refractivity contribution in [2.45, 2.75) is 33.1 Å². The highest BCUT2D eigenvalue weighted by atomic mass is 15.4. The van der Waals surface area contributed by atoms with Crippen LogP contribution in [0.25, 0.3) is 16.8 Å². The van der Waals surface area contributed by atoms with Crippen LogP contribution >= 0.6 is 0 Å². The predicted octanol–water partition coefficient (Wildman–Crippen LogP) is 2.42. The van der Waals surface area contributed by atoms with Gasteiger partial charge in [0.15, 0.2) is 5.65 Å². The monoisotopic (exact) mass is 364 g/mol. The van der Waals surface area contributed by atoms with Crippen molar-refractivity contribution in [2.24, 2.45) is 0 Å². The Morgan fingerprint density at radius 2 is 1.78 bits per heavy atom. The fraction of sp³-hybridized carbons (Fsp3) is 0.455. The van der Waals surface area contributed by atoms with Crippen LogP contribution in [0.2, 0.25) is 0 Å². The van der Waals surface area contributed by atoms with Gasteiger partial charge in [-0.3, -0.25) is 0 Å². The van der Waals surface area contributed by atoms with Gasteiger partial charge in [-0.2, -0.15) is 9.61 Å². The summed E-state index contributed by atoms with van der Waals surface area (Å²) in [5.74, 6) is 1.17. The SMILES string of the molecule is CC[NH+]1CCN(c2cc(C(C)(C)C)nc3c(-c4ccccc4)cnn23)CC1. The highest BCUT2D eigenvalue weighted by Crippen LogP contribution is 2.30. The smallest absolute Gasteiger partial charge is 0.165 e. The summed E-state index contributed by atoms with van der Waals surface area (Å²) in [7, 11) is 0. The van der Waals surface area contributed by atoms with Crippen LogP contribution in [0.5, 0.6) is 0 Å². The summed E-state index contributed by atoms with van der Waals surface area (Å²) in [6.45, 7) is 14.6. The average molecular weight is 365 g/mol. The van der Waals surface area contributed by atoms with Crippen LogP contribution in [0.4, 0.5) is 5.82 Å². The Hall–Kier alpha value is -2.40. The zero-order valence-electron chi connectivity index (χ0n) is 16.9. The highest BCUT2D eigenvalue weighted by Gasteiger charge is 2.25. The largest absolute Gasteiger partial charge is 0.345 e. The number of aromatic nitrogens is 3. The molecule has 1 saturated heterocycles. The lowest BCUT2D eigenvalue weighted by Crippen LogP contribution is -3.14. The first-order valence-corrected chi connectivity index (χ1v) is 10.0. The van der Waals surface area contributed by atoms with E-state index in [1.807, 2.05) is 16.8 Å². The van der Waals surface area contributed by atoms with Gasteiger partial charge in [-0.25, -0.2) is 4.98 Å². The molecule has 5 nitrogen and oxygen atoms in total. The molecule has 1 aliphatic heterocycles. The molecular formula is C22H30N5+. The Labute approximate surface area is 161 Å². The Morgan fingerprint density at radius 1 is 1.07 bits per heavy atom. The van der Waals surface area contributed by atoms with Gasteiger partial charge in [-0.05, 0) is 12.5 Å². The number of hydrogen-bond donors (Lipinski definition) is 1. The molecule has 0 radical (unpaired) electrons. The number of quaternary nitrogens is 1. The number of benzene rings is 1. The van der Waals surface area contributed by atoms with Crippen molar-refractivity contribution >= 4 is 11.5 Å². The molecule has 3 aromatic rings. The zero-order valence-corrected chi connectivity index (χ0v) is 16.9. The van der Waals surface area contributed by atoms with E-state index in [0.29, 0.717) is 0 Å². The summed E-state index contributed by atoms with van der Waals surface area (Å²) in [4.78, 5) is 9.19. The third-order valence-electron chi connectivity index (χ3n) is 5.60. The lowest BCUT2D eigenvalue weighted by Gasteiger charge is -2.33. The Bertz CT molecular complexity index is 915. The molecule has 0 atom stereocenters. The fourth-order valence-electron chi connectivity index (χ4n) is 3.78. The Kier molecular flexibility index (Phi) is 4.64. The minimum Gasteiger partial charge on any atom is -0.345 e. The molecule has 1 aliphatic rings. The van der Waals surface area contributed by atoms with Crippen LogP contribution in [0.1, 0.15) is 33.4 Å². The Balaban J connectivity index is 1.84. The molecule has 2 aromatic heterocycles. The third kappa shape index (κ3) is 3.44. The maximum Gasteiger partial charge on any atom is 0.165 e. The van der Waals surface area contributed by atoms with Gasteiger partial charge in [0.1, 0.15) is 5.82 Å². The lowest BCUT2D eigenvalue weighted by atomic mass is 9.91. The standard InChI is InChI=1S/C22H29N5/c1-5-25-11-13-26(14-12-25)20-15-19(22(2,3)4)24-21-18(16-23-27(20)21)17-9-7-6-8-10-17/h6-10,15-16H,5,11-14H2,1-4H3/p+1. The van der Waals surface area contributed by atoms with Gasteiger partial charge in [0.2, 0.25) is 0 Å². The summed E-state index contributed by atoms with van der Waals surface area (Å²) in [6.07, 6.45) is 1.96. The van der Waals surface area contributed by atoms with Gasteiger partial charge in [0.25, 0.3) is 0 Å².